The number of aryl methyl sites for hydroxylation is 1. The first-order chi connectivity index (χ1) is 13.5. The van der Waals surface area contributed by atoms with Crippen molar-refractivity contribution in [2.24, 2.45) is 0 Å². The average molecular weight is 418 g/mol. The van der Waals surface area contributed by atoms with Gasteiger partial charge in [0, 0.05) is 23.5 Å². The molecule has 0 radical (unpaired) electrons. The van der Waals surface area contributed by atoms with Crippen molar-refractivity contribution in [3.8, 4) is 6.07 Å². The smallest absolute Gasteiger partial charge is 0.256 e. The number of morpholine rings is 1. The number of amides is 1. The van der Waals surface area contributed by atoms with Crippen LogP contribution in [0.25, 0.3) is 0 Å². The van der Waals surface area contributed by atoms with E-state index in [1.807, 2.05) is 0 Å². The lowest BCUT2D eigenvalue weighted by Crippen LogP contribution is -2.40. The summed E-state index contributed by atoms with van der Waals surface area (Å²) in [7, 11) is -3.68. The molecule has 1 N–H and O–H groups in total. The number of rotatable bonds is 4. The molecule has 1 aliphatic heterocycles. The molecular formula is C19H19N3O4S2. The van der Waals surface area contributed by atoms with Gasteiger partial charge in [-0.2, -0.15) is 9.57 Å². The number of hydrogen-bond donors (Lipinski definition) is 1. The highest BCUT2D eigenvalue weighted by Gasteiger charge is 2.27. The summed E-state index contributed by atoms with van der Waals surface area (Å²) in [5.41, 5.74) is 1.81. The van der Waals surface area contributed by atoms with Crippen molar-refractivity contribution in [2.75, 3.05) is 31.6 Å². The Morgan fingerprint density at radius 3 is 2.79 bits per heavy atom. The minimum Gasteiger partial charge on any atom is -0.379 e. The third kappa shape index (κ3) is 3.44. The maximum atomic E-state index is 12.8. The van der Waals surface area contributed by atoms with Gasteiger partial charge in [-0.1, -0.05) is 6.07 Å². The first-order valence-electron chi connectivity index (χ1n) is 9.04. The molecule has 1 aromatic carbocycles. The largest absolute Gasteiger partial charge is 0.379 e. The Kier molecular flexibility index (Phi) is 5.21. The van der Waals surface area contributed by atoms with Crippen LogP contribution in [-0.4, -0.2) is 44.9 Å². The van der Waals surface area contributed by atoms with Gasteiger partial charge in [0.25, 0.3) is 5.91 Å². The molecular weight excluding hydrogens is 398 g/mol. The summed E-state index contributed by atoms with van der Waals surface area (Å²) >= 11 is 1.43. The molecule has 1 aliphatic carbocycles. The van der Waals surface area contributed by atoms with Crippen LogP contribution in [0.1, 0.15) is 32.8 Å². The monoisotopic (exact) mass is 417 g/mol. The molecule has 0 saturated carbocycles. The molecule has 28 heavy (non-hydrogen) atoms. The van der Waals surface area contributed by atoms with Crippen LogP contribution in [0.3, 0.4) is 0 Å². The van der Waals surface area contributed by atoms with Crippen LogP contribution in [0.2, 0.25) is 0 Å². The second-order valence-electron chi connectivity index (χ2n) is 6.67. The summed E-state index contributed by atoms with van der Waals surface area (Å²) in [5, 5.41) is 12.8. The molecule has 1 fully saturated rings. The van der Waals surface area contributed by atoms with Crippen molar-refractivity contribution in [1.82, 2.24) is 4.31 Å². The lowest BCUT2D eigenvalue weighted by molar-refractivity contribution is 0.0730. The zero-order valence-electron chi connectivity index (χ0n) is 15.1. The molecule has 0 unspecified atom stereocenters. The second-order valence-corrected chi connectivity index (χ2v) is 9.71. The first kappa shape index (κ1) is 19.1. The second kappa shape index (κ2) is 7.64. The molecule has 1 saturated heterocycles. The van der Waals surface area contributed by atoms with E-state index < -0.39 is 15.9 Å². The van der Waals surface area contributed by atoms with E-state index in [0.717, 1.165) is 29.7 Å². The molecule has 2 aliphatic rings. The van der Waals surface area contributed by atoms with Crippen molar-refractivity contribution in [3.63, 3.8) is 0 Å². The molecule has 1 aromatic heterocycles. The molecule has 7 nitrogen and oxygen atoms in total. The molecule has 1 amide bonds. The third-order valence-corrected chi connectivity index (χ3v) is 8.07. The van der Waals surface area contributed by atoms with Gasteiger partial charge in [-0.05, 0) is 43.0 Å². The van der Waals surface area contributed by atoms with E-state index in [1.54, 1.807) is 12.1 Å². The van der Waals surface area contributed by atoms with E-state index in [9.17, 15) is 18.5 Å². The van der Waals surface area contributed by atoms with Crippen LogP contribution in [0.5, 0.6) is 0 Å². The summed E-state index contributed by atoms with van der Waals surface area (Å²) < 4.78 is 32.2. The molecule has 146 valence electrons. The minimum atomic E-state index is -3.68. The number of ether oxygens (including phenoxy) is 1. The summed E-state index contributed by atoms with van der Waals surface area (Å²) in [6, 6.07) is 8.19. The van der Waals surface area contributed by atoms with E-state index in [-0.39, 0.29) is 10.5 Å². The summed E-state index contributed by atoms with van der Waals surface area (Å²) in [4.78, 5) is 14.0. The number of carbonyl (C=O) groups excluding carboxylic acids is 1. The Bertz CT molecular complexity index is 1060. The molecule has 2 aromatic rings. The molecule has 9 heteroatoms. The number of nitrogens with one attached hydrogen (secondary N) is 1. The summed E-state index contributed by atoms with van der Waals surface area (Å²) in [6.07, 6.45) is 2.82. The average Bonchev–Trinajstić information content (AvgIpc) is 3.29. The number of anilines is 1. The van der Waals surface area contributed by atoms with Crippen LogP contribution < -0.4 is 5.32 Å². The maximum absolute atomic E-state index is 12.8. The van der Waals surface area contributed by atoms with Crippen molar-refractivity contribution in [2.45, 2.75) is 24.2 Å². The van der Waals surface area contributed by atoms with Crippen LogP contribution in [0, 0.1) is 11.3 Å². The number of hydrogen-bond acceptors (Lipinski definition) is 6. The van der Waals surface area contributed by atoms with Gasteiger partial charge in [0.2, 0.25) is 10.0 Å². The van der Waals surface area contributed by atoms with Crippen molar-refractivity contribution in [3.05, 3.63) is 45.8 Å². The highest BCUT2D eigenvalue weighted by atomic mass is 32.2. The lowest BCUT2D eigenvalue weighted by atomic mass is 10.1. The van der Waals surface area contributed by atoms with Gasteiger partial charge < -0.3 is 10.1 Å². The Morgan fingerprint density at radius 1 is 1.25 bits per heavy atom. The van der Waals surface area contributed by atoms with Gasteiger partial charge in [0.15, 0.2) is 0 Å². The van der Waals surface area contributed by atoms with Crippen molar-refractivity contribution < 1.29 is 17.9 Å². The van der Waals surface area contributed by atoms with Crippen molar-refractivity contribution >= 4 is 32.3 Å². The number of nitrogens with zero attached hydrogens (tertiary/aromatic N) is 2. The molecule has 4 rings (SSSR count). The van der Waals surface area contributed by atoms with Gasteiger partial charge in [-0.3, -0.25) is 4.79 Å². The Morgan fingerprint density at radius 2 is 2.04 bits per heavy atom. The zero-order valence-corrected chi connectivity index (χ0v) is 16.7. The Labute approximate surface area is 167 Å². The highest BCUT2D eigenvalue weighted by Crippen LogP contribution is 2.38. The number of carbonyl (C=O) groups is 1. The predicted octanol–water partition coefficient (Wildman–Crippen LogP) is 2.38. The van der Waals surface area contributed by atoms with Gasteiger partial charge in [-0.25, -0.2) is 8.42 Å². The van der Waals surface area contributed by atoms with Crippen LogP contribution in [-0.2, 0) is 27.6 Å². The number of thiophene rings is 1. The van der Waals surface area contributed by atoms with Gasteiger partial charge in [0.05, 0.1) is 23.7 Å². The number of fused-ring (bicyclic) bond motifs is 1. The van der Waals surface area contributed by atoms with E-state index in [2.05, 4.69) is 11.4 Å². The Hall–Kier alpha value is -2.25. The number of sulfonamides is 1. The fraction of sp³-hybridized carbons (Fsp3) is 0.368. The van der Waals surface area contributed by atoms with Crippen molar-refractivity contribution in [1.29, 1.82) is 5.26 Å². The van der Waals surface area contributed by atoms with Gasteiger partial charge in [-0.15, -0.1) is 11.3 Å². The molecule has 0 bridgehead atoms. The van der Waals surface area contributed by atoms with E-state index >= 15 is 0 Å². The first-order valence-corrected chi connectivity index (χ1v) is 11.3. The number of nitriles is 1. The summed E-state index contributed by atoms with van der Waals surface area (Å²) in [5.74, 6) is -0.421. The van der Waals surface area contributed by atoms with Crippen LogP contribution in [0.4, 0.5) is 5.00 Å². The van der Waals surface area contributed by atoms with E-state index in [4.69, 9.17) is 4.74 Å². The zero-order chi connectivity index (χ0) is 19.7. The molecule has 0 atom stereocenters. The summed E-state index contributed by atoms with van der Waals surface area (Å²) in [6.45, 7) is 1.31. The third-order valence-electron chi connectivity index (χ3n) is 4.96. The fourth-order valence-electron chi connectivity index (χ4n) is 3.52. The van der Waals surface area contributed by atoms with E-state index in [1.165, 1.54) is 27.8 Å². The maximum Gasteiger partial charge on any atom is 0.256 e. The normalized spacial score (nSPS) is 17.1. The Balaban J connectivity index is 1.58. The van der Waals surface area contributed by atoms with Crippen LogP contribution in [0.15, 0.2) is 29.2 Å². The predicted molar refractivity (Wildman–Crippen MR) is 105 cm³/mol. The minimum absolute atomic E-state index is 0.0798. The standard InChI is InChI=1S/C19H19N3O4S2/c20-12-16-15-5-2-6-17(15)27-19(16)21-18(23)13-3-1-4-14(11-13)28(24,25)22-7-9-26-10-8-22/h1,3-4,11H,2,5-10H2,(H,21,23). The highest BCUT2D eigenvalue weighted by molar-refractivity contribution is 7.89. The van der Waals surface area contributed by atoms with E-state index in [0.29, 0.717) is 36.9 Å². The lowest BCUT2D eigenvalue weighted by Gasteiger charge is -2.26. The topological polar surface area (TPSA) is 99.5 Å². The van der Waals surface area contributed by atoms with Gasteiger partial charge in [0.1, 0.15) is 11.1 Å². The van der Waals surface area contributed by atoms with Crippen LogP contribution >= 0.6 is 11.3 Å². The molecule has 2 heterocycles. The fourth-order valence-corrected chi connectivity index (χ4v) is 6.21. The van der Waals surface area contributed by atoms with Gasteiger partial charge >= 0.3 is 0 Å². The SMILES string of the molecule is N#Cc1c(NC(=O)c2cccc(S(=O)(=O)N3CCOCC3)c2)sc2c1CCC2. The molecule has 0 spiro atoms. The number of benzene rings is 1. The quantitative estimate of drug-likeness (QED) is 0.823.